The van der Waals surface area contributed by atoms with Crippen LogP contribution in [0, 0.1) is 0 Å². The Kier molecular flexibility index (Phi) is 4.24. The van der Waals surface area contributed by atoms with E-state index in [0.717, 1.165) is 17.2 Å². The van der Waals surface area contributed by atoms with E-state index in [2.05, 4.69) is 45.9 Å². The van der Waals surface area contributed by atoms with Gasteiger partial charge >= 0.3 is 0 Å². The Morgan fingerprint density at radius 3 is 2.67 bits per heavy atom. The quantitative estimate of drug-likeness (QED) is 0.730. The van der Waals surface area contributed by atoms with Crippen LogP contribution in [-0.4, -0.2) is 32.1 Å². The highest BCUT2D eigenvalue weighted by molar-refractivity contribution is 5.52. The van der Waals surface area contributed by atoms with Gasteiger partial charge in [0.25, 0.3) is 0 Å². The van der Waals surface area contributed by atoms with Gasteiger partial charge in [0.05, 0.1) is 6.54 Å². The molecule has 0 aliphatic rings. The summed E-state index contributed by atoms with van der Waals surface area (Å²) in [5, 5.41) is 4.00. The third-order valence-corrected chi connectivity index (χ3v) is 3.46. The summed E-state index contributed by atoms with van der Waals surface area (Å²) < 4.78 is 5.33. The van der Waals surface area contributed by atoms with E-state index in [4.69, 9.17) is 4.52 Å². The van der Waals surface area contributed by atoms with E-state index in [1.807, 2.05) is 30.1 Å². The maximum Gasteiger partial charge on any atom is 0.246 e. The average Bonchev–Trinajstić information content (AvgIpc) is 3.03. The van der Waals surface area contributed by atoms with Crippen molar-refractivity contribution >= 4 is 5.82 Å². The van der Waals surface area contributed by atoms with Crippen LogP contribution in [0.1, 0.15) is 32.5 Å². The second kappa shape index (κ2) is 6.35. The normalized spacial score (nSPS) is 11.5. The van der Waals surface area contributed by atoms with Crippen LogP contribution in [0.15, 0.2) is 41.3 Å². The molecule has 0 fully saturated rings. The summed E-state index contributed by atoms with van der Waals surface area (Å²) >= 11 is 0. The van der Waals surface area contributed by atoms with Crippen molar-refractivity contribution in [1.29, 1.82) is 0 Å². The zero-order valence-electron chi connectivity index (χ0n) is 14.3. The molecule has 0 aliphatic carbocycles. The van der Waals surface area contributed by atoms with Crippen LogP contribution >= 0.6 is 0 Å². The first-order valence-corrected chi connectivity index (χ1v) is 7.71. The molecule has 3 aromatic heterocycles. The fraction of sp³-hybridized carbons (Fsp3) is 0.353. The summed E-state index contributed by atoms with van der Waals surface area (Å²) in [5.41, 5.74) is 0.724. The van der Waals surface area contributed by atoms with Crippen molar-refractivity contribution < 1.29 is 4.52 Å². The van der Waals surface area contributed by atoms with E-state index in [-0.39, 0.29) is 5.41 Å². The van der Waals surface area contributed by atoms with Gasteiger partial charge in [-0.15, -0.1) is 0 Å². The Balaban J connectivity index is 1.76. The van der Waals surface area contributed by atoms with E-state index in [9.17, 15) is 0 Å². The molecule has 24 heavy (non-hydrogen) atoms. The highest BCUT2D eigenvalue weighted by Gasteiger charge is 2.19. The maximum absolute atomic E-state index is 5.33. The Hall–Kier alpha value is -2.83. The Morgan fingerprint density at radius 2 is 1.96 bits per heavy atom. The van der Waals surface area contributed by atoms with Crippen LogP contribution in [0.3, 0.4) is 0 Å². The molecule has 0 bridgehead atoms. The number of hydrogen-bond donors (Lipinski definition) is 0. The summed E-state index contributed by atoms with van der Waals surface area (Å²) in [6.07, 6.45) is 5.19. The number of aromatic nitrogens is 5. The lowest BCUT2D eigenvalue weighted by Gasteiger charge is -2.20. The number of anilines is 1. The first-order valence-electron chi connectivity index (χ1n) is 7.71. The zero-order chi connectivity index (χ0) is 17.2. The monoisotopic (exact) mass is 324 g/mol. The molecule has 0 aliphatic heterocycles. The molecule has 0 unspecified atom stereocenters. The molecule has 0 atom stereocenters. The number of pyridine rings is 1. The lowest BCUT2D eigenvalue weighted by Crippen LogP contribution is -2.22. The van der Waals surface area contributed by atoms with E-state index in [1.54, 1.807) is 18.6 Å². The predicted molar refractivity (Wildman–Crippen MR) is 90.4 cm³/mol. The zero-order valence-corrected chi connectivity index (χ0v) is 14.3. The van der Waals surface area contributed by atoms with E-state index < -0.39 is 0 Å². The van der Waals surface area contributed by atoms with Gasteiger partial charge in [-0.3, -0.25) is 4.98 Å². The molecule has 0 saturated heterocycles. The van der Waals surface area contributed by atoms with Crippen molar-refractivity contribution in [1.82, 2.24) is 25.1 Å². The van der Waals surface area contributed by atoms with Crippen molar-refractivity contribution in [3.05, 3.63) is 48.5 Å². The molecule has 3 rings (SSSR count). The lowest BCUT2D eigenvalue weighted by atomic mass is 9.96. The topological polar surface area (TPSA) is 80.8 Å². The van der Waals surface area contributed by atoms with Crippen molar-refractivity contribution in [2.75, 3.05) is 11.9 Å². The maximum atomic E-state index is 5.33. The van der Waals surface area contributed by atoms with Gasteiger partial charge in [-0.2, -0.15) is 4.98 Å². The first kappa shape index (κ1) is 16.0. The minimum atomic E-state index is -0.102. The molecule has 7 nitrogen and oxygen atoms in total. The molecule has 3 aromatic rings. The predicted octanol–water partition coefficient (Wildman–Crippen LogP) is 2.86. The van der Waals surface area contributed by atoms with Crippen molar-refractivity contribution in [2.24, 2.45) is 0 Å². The first-order chi connectivity index (χ1) is 11.4. The van der Waals surface area contributed by atoms with Gasteiger partial charge in [-0.25, -0.2) is 9.97 Å². The molecule has 0 radical (unpaired) electrons. The fourth-order valence-electron chi connectivity index (χ4n) is 2.14. The minimum absolute atomic E-state index is 0.102. The molecule has 0 amide bonds. The van der Waals surface area contributed by atoms with Gasteiger partial charge in [-0.1, -0.05) is 25.9 Å². The minimum Gasteiger partial charge on any atom is -0.350 e. The van der Waals surface area contributed by atoms with Gasteiger partial charge in [-0.05, 0) is 18.2 Å². The van der Waals surface area contributed by atoms with Crippen LogP contribution < -0.4 is 4.90 Å². The van der Waals surface area contributed by atoms with Crippen LogP contribution in [0.4, 0.5) is 5.82 Å². The number of hydrogen-bond acceptors (Lipinski definition) is 7. The average molecular weight is 324 g/mol. The van der Waals surface area contributed by atoms with Gasteiger partial charge in [0.15, 0.2) is 0 Å². The summed E-state index contributed by atoms with van der Waals surface area (Å²) in [7, 11) is 1.93. The molecule has 3 heterocycles. The summed E-state index contributed by atoms with van der Waals surface area (Å²) in [4.78, 5) is 19.4. The standard InChI is InChI=1S/C17H20N6O/c1-17(2,3)16-19-9-7-13(20-16)23(4)11-14-21-15(22-24-14)12-6-5-8-18-10-12/h5-10H,11H2,1-4H3. The van der Waals surface area contributed by atoms with Gasteiger partial charge < -0.3 is 9.42 Å². The van der Waals surface area contributed by atoms with Crippen molar-refractivity contribution in [2.45, 2.75) is 32.7 Å². The highest BCUT2D eigenvalue weighted by atomic mass is 16.5. The molecule has 0 saturated carbocycles. The highest BCUT2D eigenvalue weighted by Crippen LogP contribution is 2.21. The van der Waals surface area contributed by atoms with Gasteiger partial charge in [0.1, 0.15) is 11.6 Å². The van der Waals surface area contributed by atoms with Crippen molar-refractivity contribution in [3.8, 4) is 11.4 Å². The Labute approximate surface area is 140 Å². The van der Waals surface area contributed by atoms with Gasteiger partial charge in [0.2, 0.25) is 11.7 Å². The molecular formula is C17H20N6O. The van der Waals surface area contributed by atoms with E-state index in [1.165, 1.54) is 0 Å². The molecule has 124 valence electrons. The van der Waals surface area contributed by atoms with Gasteiger partial charge in [0, 0.05) is 36.6 Å². The van der Waals surface area contributed by atoms with Crippen LogP contribution in [0.25, 0.3) is 11.4 Å². The number of nitrogens with zero attached hydrogens (tertiary/aromatic N) is 6. The Morgan fingerprint density at radius 1 is 1.12 bits per heavy atom. The summed E-state index contributed by atoms with van der Waals surface area (Å²) in [6.45, 7) is 6.73. The smallest absolute Gasteiger partial charge is 0.246 e. The van der Waals surface area contributed by atoms with Crippen LogP contribution in [-0.2, 0) is 12.0 Å². The fourth-order valence-corrected chi connectivity index (χ4v) is 2.14. The van der Waals surface area contributed by atoms with Crippen LogP contribution in [0.5, 0.6) is 0 Å². The largest absolute Gasteiger partial charge is 0.350 e. The lowest BCUT2D eigenvalue weighted by molar-refractivity contribution is 0.378. The third kappa shape index (κ3) is 3.56. The third-order valence-electron chi connectivity index (χ3n) is 3.46. The second-order valence-corrected chi connectivity index (χ2v) is 6.60. The van der Waals surface area contributed by atoms with E-state index >= 15 is 0 Å². The Bertz CT molecular complexity index is 809. The molecule has 7 heteroatoms. The van der Waals surface area contributed by atoms with Crippen molar-refractivity contribution in [3.63, 3.8) is 0 Å². The second-order valence-electron chi connectivity index (χ2n) is 6.60. The summed E-state index contributed by atoms with van der Waals surface area (Å²) in [5.74, 6) is 2.67. The molecule has 0 N–H and O–H groups in total. The molecule has 0 spiro atoms. The number of rotatable bonds is 4. The van der Waals surface area contributed by atoms with Crippen LogP contribution in [0.2, 0.25) is 0 Å². The molecular weight excluding hydrogens is 304 g/mol. The summed E-state index contributed by atoms with van der Waals surface area (Å²) in [6, 6.07) is 5.60. The van der Waals surface area contributed by atoms with E-state index in [0.29, 0.717) is 18.3 Å². The SMILES string of the molecule is CN(Cc1nc(-c2cccnc2)no1)c1ccnc(C(C)(C)C)n1. The molecule has 0 aromatic carbocycles.